The smallest absolute Gasteiger partial charge is 0.245 e. The molecule has 0 aromatic rings. The van der Waals surface area contributed by atoms with Gasteiger partial charge in [0.05, 0.1) is 6.04 Å². The van der Waals surface area contributed by atoms with Gasteiger partial charge in [-0.3, -0.25) is 9.59 Å². The summed E-state index contributed by atoms with van der Waals surface area (Å²) in [5.74, 6) is 2.46. The molecule has 0 aromatic carbocycles. The van der Waals surface area contributed by atoms with E-state index >= 15 is 0 Å². The van der Waals surface area contributed by atoms with Crippen LogP contribution in [0.3, 0.4) is 0 Å². The van der Waals surface area contributed by atoms with Gasteiger partial charge in [0, 0.05) is 13.0 Å². The summed E-state index contributed by atoms with van der Waals surface area (Å²) in [5.41, 5.74) is 0. The van der Waals surface area contributed by atoms with Crippen LogP contribution in [-0.2, 0) is 9.59 Å². The van der Waals surface area contributed by atoms with E-state index in [1.54, 1.807) is 11.8 Å². The van der Waals surface area contributed by atoms with Gasteiger partial charge in [0.15, 0.2) is 0 Å². The molecule has 2 unspecified atom stereocenters. The molecule has 0 aromatic heterocycles. The molecule has 0 aliphatic carbocycles. The Balaban J connectivity index is 2.81. The second kappa shape index (κ2) is 5.55. The summed E-state index contributed by atoms with van der Waals surface area (Å²) < 4.78 is 0. The molecule has 1 rings (SSSR count). The van der Waals surface area contributed by atoms with Crippen molar-refractivity contribution in [2.24, 2.45) is 0 Å². The van der Waals surface area contributed by atoms with Crippen LogP contribution in [0, 0.1) is 12.3 Å². The molecule has 2 atom stereocenters. The van der Waals surface area contributed by atoms with Gasteiger partial charge in [-0.25, -0.2) is 0 Å². The highest BCUT2D eigenvalue weighted by atomic mass is 16.2. The SMILES string of the molecule is C#CC(CCC)N1CCC(=O)NC(C)C1=O. The third kappa shape index (κ3) is 2.75. The van der Waals surface area contributed by atoms with Crippen LogP contribution >= 0.6 is 0 Å². The second-order valence-corrected chi connectivity index (χ2v) is 4.04. The molecule has 1 saturated heterocycles. The summed E-state index contributed by atoms with van der Waals surface area (Å²) in [5, 5.41) is 2.64. The Hall–Kier alpha value is -1.50. The van der Waals surface area contributed by atoms with Crippen molar-refractivity contribution in [3.8, 4) is 12.3 Å². The van der Waals surface area contributed by atoms with Gasteiger partial charge >= 0.3 is 0 Å². The third-order valence-corrected chi connectivity index (χ3v) is 2.74. The maximum absolute atomic E-state index is 12.0. The quantitative estimate of drug-likeness (QED) is 0.708. The van der Waals surface area contributed by atoms with Crippen molar-refractivity contribution in [1.82, 2.24) is 10.2 Å². The van der Waals surface area contributed by atoms with Gasteiger partial charge in [0.2, 0.25) is 11.8 Å². The Bertz CT molecular complexity index is 319. The molecule has 1 aliphatic heterocycles. The summed E-state index contributed by atoms with van der Waals surface area (Å²) in [6.45, 7) is 4.14. The standard InChI is InChI=1S/C12H18N2O2/c1-4-6-10(5-2)14-8-7-11(15)13-9(3)12(14)16/h2,9-10H,4,6-8H2,1,3H3,(H,13,15). The largest absolute Gasteiger partial charge is 0.345 e. The van der Waals surface area contributed by atoms with Crippen LogP contribution in [0.5, 0.6) is 0 Å². The molecule has 0 bridgehead atoms. The maximum Gasteiger partial charge on any atom is 0.245 e. The van der Waals surface area contributed by atoms with Crippen LogP contribution < -0.4 is 5.32 Å². The maximum atomic E-state index is 12.0. The molecule has 4 nitrogen and oxygen atoms in total. The Labute approximate surface area is 96.4 Å². The van der Waals surface area contributed by atoms with Crippen molar-refractivity contribution < 1.29 is 9.59 Å². The molecule has 0 spiro atoms. The Morgan fingerprint density at radius 2 is 2.31 bits per heavy atom. The molecular weight excluding hydrogens is 204 g/mol. The lowest BCUT2D eigenvalue weighted by Crippen LogP contribution is -2.46. The fourth-order valence-electron chi connectivity index (χ4n) is 1.87. The van der Waals surface area contributed by atoms with E-state index in [-0.39, 0.29) is 17.9 Å². The molecule has 0 saturated carbocycles. The highest BCUT2D eigenvalue weighted by Crippen LogP contribution is 2.11. The van der Waals surface area contributed by atoms with E-state index in [2.05, 4.69) is 11.2 Å². The average Bonchev–Trinajstić information content (AvgIpc) is 2.37. The summed E-state index contributed by atoms with van der Waals surface area (Å²) in [6.07, 6.45) is 7.47. The van der Waals surface area contributed by atoms with Crippen LogP contribution in [0.2, 0.25) is 0 Å². The number of hydrogen-bond donors (Lipinski definition) is 1. The van der Waals surface area contributed by atoms with Crippen molar-refractivity contribution >= 4 is 11.8 Å². The monoisotopic (exact) mass is 222 g/mol. The van der Waals surface area contributed by atoms with E-state index in [0.29, 0.717) is 13.0 Å². The minimum Gasteiger partial charge on any atom is -0.345 e. The number of nitrogens with one attached hydrogen (secondary N) is 1. The minimum atomic E-state index is -0.470. The van der Waals surface area contributed by atoms with Gasteiger partial charge in [0.25, 0.3) is 0 Å². The fraction of sp³-hybridized carbons (Fsp3) is 0.667. The lowest BCUT2D eigenvalue weighted by Gasteiger charge is -2.27. The molecule has 1 N–H and O–H groups in total. The van der Waals surface area contributed by atoms with E-state index < -0.39 is 6.04 Å². The molecule has 16 heavy (non-hydrogen) atoms. The molecule has 1 heterocycles. The number of carbonyl (C=O) groups is 2. The fourth-order valence-corrected chi connectivity index (χ4v) is 1.87. The first-order chi connectivity index (χ1) is 7.60. The highest BCUT2D eigenvalue weighted by Gasteiger charge is 2.30. The highest BCUT2D eigenvalue weighted by molar-refractivity contribution is 5.90. The molecule has 4 heteroatoms. The van der Waals surface area contributed by atoms with Crippen molar-refractivity contribution in [3.05, 3.63) is 0 Å². The summed E-state index contributed by atoms with van der Waals surface area (Å²) in [6, 6.07) is -0.657. The van der Waals surface area contributed by atoms with Gasteiger partial charge < -0.3 is 10.2 Å². The predicted molar refractivity (Wildman–Crippen MR) is 61.5 cm³/mol. The average molecular weight is 222 g/mol. The first-order valence-electron chi connectivity index (χ1n) is 5.66. The van der Waals surface area contributed by atoms with E-state index in [9.17, 15) is 9.59 Å². The Morgan fingerprint density at radius 3 is 2.88 bits per heavy atom. The number of nitrogens with zero attached hydrogens (tertiary/aromatic N) is 1. The van der Waals surface area contributed by atoms with Crippen molar-refractivity contribution in [2.75, 3.05) is 6.54 Å². The van der Waals surface area contributed by atoms with E-state index in [4.69, 9.17) is 6.42 Å². The van der Waals surface area contributed by atoms with Crippen LogP contribution in [0.4, 0.5) is 0 Å². The summed E-state index contributed by atoms with van der Waals surface area (Å²) in [4.78, 5) is 24.9. The van der Waals surface area contributed by atoms with Crippen molar-refractivity contribution in [1.29, 1.82) is 0 Å². The number of rotatable bonds is 3. The molecule has 1 aliphatic rings. The van der Waals surface area contributed by atoms with Crippen LogP contribution in [-0.4, -0.2) is 35.3 Å². The first-order valence-corrected chi connectivity index (χ1v) is 5.66. The minimum absolute atomic E-state index is 0.0812. The Morgan fingerprint density at radius 1 is 1.62 bits per heavy atom. The van der Waals surface area contributed by atoms with Crippen LogP contribution in [0.1, 0.15) is 33.1 Å². The van der Waals surface area contributed by atoms with Crippen molar-refractivity contribution in [2.45, 2.75) is 45.2 Å². The van der Waals surface area contributed by atoms with Gasteiger partial charge in [-0.05, 0) is 13.3 Å². The lowest BCUT2D eigenvalue weighted by atomic mass is 10.1. The predicted octanol–water partition coefficient (Wildman–Crippen LogP) is 0.525. The van der Waals surface area contributed by atoms with Crippen molar-refractivity contribution in [3.63, 3.8) is 0 Å². The number of amides is 2. The molecule has 1 fully saturated rings. The van der Waals surface area contributed by atoms with E-state index in [1.165, 1.54) is 0 Å². The zero-order chi connectivity index (χ0) is 12.1. The van der Waals surface area contributed by atoms with E-state index in [1.807, 2.05) is 6.92 Å². The molecule has 88 valence electrons. The normalized spacial score (nSPS) is 23.3. The second-order valence-electron chi connectivity index (χ2n) is 4.04. The van der Waals surface area contributed by atoms with Crippen LogP contribution in [0.25, 0.3) is 0 Å². The third-order valence-electron chi connectivity index (χ3n) is 2.74. The van der Waals surface area contributed by atoms with Crippen LogP contribution in [0.15, 0.2) is 0 Å². The number of terminal acetylenes is 1. The number of hydrogen-bond acceptors (Lipinski definition) is 2. The molecule has 2 amide bonds. The van der Waals surface area contributed by atoms with Gasteiger partial charge in [-0.15, -0.1) is 6.42 Å². The zero-order valence-electron chi connectivity index (χ0n) is 9.82. The molecule has 0 radical (unpaired) electrons. The lowest BCUT2D eigenvalue weighted by molar-refractivity contribution is -0.134. The van der Waals surface area contributed by atoms with Gasteiger partial charge in [-0.2, -0.15) is 0 Å². The Kier molecular flexibility index (Phi) is 4.36. The summed E-state index contributed by atoms with van der Waals surface area (Å²) >= 11 is 0. The first kappa shape index (κ1) is 12.6. The zero-order valence-corrected chi connectivity index (χ0v) is 9.82. The van der Waals surface area contributed by atoms with Gasteiger partial charge in [-0.1, -0.05) is 19.3 Å². The topological polar surface area (TPSA) is 49.4 Å². The molecular formula is C12H18N2O2. The van der Waals surface area contributed by atoms with Gasteiger partial charge in [0.1, 0.15) is 6.04 Å². The van der Waals surface area contributed by atoms with E-state index in [0.717, 1.165) is 12.8 Å². The number of carbonyl (C=O) groups excluding carboxylic acids is 2. The summed E-state index contributed by atoms with van der Waals surface area (Å²) in [7, 11) is 0.